The van der Waals surface area contributed by atoms with Crippen molar-refractivity contribution in [1.29, 1.82) is 0 Å². The normalized spacial score (nSPS) is 15.9. The first kappa shape index (κ1) is 43.4. The van der Waals surface area contributed by atoms with Crippen molar-refractivity contribution in [1.82, 2.24) is 4.57 Å². The second-order valence-corrected chi connectivity index (χ2v) is 27.2. The molecule has 346 valence electrons. The summed E-state index contributed by atoms with van der Waals surface area (Å²) in [4.78, 5) is 0. The minimum absolute atomic E-state index is 0.125. The number of para-hydroxylation sites is 1. The van der Waals surface area contributed by atoms with Crippen LogP contribution >= 0.6 is 0 Å². The lowest BCUT2D eigenvalue weighted by atomic mass is 9.77. The van der Waals surface area contributed by atoms with Gasteiger partial charge in [-0.05, 0) is 93.9 Å². The Hall–Kier alpha value is -7.60. The molecule has 2 atom stereocenters. The fraction of sp³-hybridized carbons (Fsp3) is 0.182. The Morgan fingerprint density at radius 3 is 2.03 bits per heavy atom. The Morgan fingerprint density at radius 2 is 1.31 bits per heavy atom. The van der Waals surface area contributed by atoms with Crippen molar-refractivity contribution >= 4 is 62.7 Å². The maximum absolute atomic E-state index is 7.28. The molecular formula is C66H59N3OSi+2. The fourth-order valence-corrected chi connectivity index (χ4v) is 13.3. The summed E-state index contributed by atoms with van der Waals surface area (Å²) in [6, 6.07) is 68.1. The lowest BCUT2D eigenvalue weighted by Crippen LogP contribution is -2.53. The van der Waals surface area contributed by atoms with Gasteiger partial charge in [0.15, 0.2) is 28.9 Å². The maximum atomic E-state index is 7.28. The van der Waals surface area contributed by atoms with Crippen molar-refractivity contribution in [2.75, 3.05) is 0 Å². The van der Waals surface area contributed by atoms with Crippen LogP contribution in [0.25, 0.3) is 100 Å². The fourth-order valence-electron chi connectivity index (χ4n) is 12.2. The summed E-state index contributed by atoms with van der Waals surface area (Å²) in [5.74, 6) is 1.30. The molecule has 2 aliphatic heterocycles. The van der Waals surface area contributed by atoms with Crippen molar-refractivity contribution in [3.05, 3.63) is 211 Å². The predicted octanol–water partition coefficient (Wildman–Crippen LogP) is 15.9. The van der Waals surface area contributed by atoms with Crippen molar-refractivity contribution in [2.45, 2.75) is 77.0 Å². The summed E-state index contributed by atoms with van der Waals surface area (Å²) in [5, 5.41) is 6.09. The Morgan fingerprint density at radius 1 is 0.648 bits per heavy atom. The van der Waals surface area contributed by atoms with Crippen LogP contribution in [0.3, 0.4) is 0 Å². The van der Waals surface area contributed by atoms with Gasteiger partial charge in [-0.2, -0.15) is 13.7 Å². The highest BCUT2D eigenvalue weighted by Crippen LogP contribution is 2.49. The number of hydrogen-bond donors (Lipinski definition) is 0. The van der Waals surface area contributed by atoms with Gasteiger partial charge < -0.3 is 4.42 Å². The zero-order valence-electron chi connectivity index (χ0n) is 41.6. The number of hydrogen-bond acceptors (Lipinski definition) is 1. The molecule has 4 nitrogen and oxygen atoms in total. The number of allylic oxidation sites excluding steroid dienone is 1. The van der Waals surface area contributed by atoms with Gasteiger partial charge in [0.25, 0.3) is 0 Å². The average Bonchev–Trinajstić information content (AvgIpc) is 3.94. The van der Waals surface area contributed by atoms with Crippen LogP contribution in [0.4, 0.5) is 0 Å². The van der Waals surface area contributed by atoms with Crippen molar-refractivity contribution in [2.24, 2.45) is 0 Å². The molecule has 71 heavy (non-hydrogen) atoms. The first-order valence-corrected chi connectivity index (χ1v) is 29.0. The van der Waals surface area contributed by atoms with Gasteiger partial charge in [-0.1, -0.05) is 180 Å². The van der Waals surface area contributed by atoms with Gasteiger partial charge >= 0.3 is 5.82 Å². The molecule has 0 fully saturated rings. The molecule has 0 amide bonds. The highest BCUT2D eigenvalue weighted by Gasteiger charge is 2.45. The molecule has 11 aromatic rings. The zero-order chi connectivity index (χ0) is 48.3. The second-order valence-electron chi connectivity index (χ2n) is 22.2. The first-order valence-electron chi connectivity index (χ1n) is 25.5. The molecule has 0 bridgehead atoms. The summed E-state index contributed by atoms with van der Waals surface area (Å²) in [7, 11) is -1.69. The van der Waals surface area contributed by atoms with Crippen LogP contribution in [-0.2, 0) is 11.8 Å². The number of fused-ring (bicyclic) bond motifs is 17. The largest absolute Gasteiger partial charge is 0.455 e. The summed E-state index contributed by atoms with van der Waals surface area (Å²) in [5.41, 5.74) is 18.6. The monoisotopic (exact) mass is 937 g/mol. The van der Waals surface area contributed by atoms with Crippen LogP contribution in [0.5, 0.6) is 0 Å². The van der Waals surface area contributed by atoms with E-state index in [1.807, 2.05) is 0 Å². The first-order chi connectivity index (χ1) is 34.4. The van der Waals surface area contributed by atoms with Crippen LogP contribution in [0.15, 0.2) is 199 Å². The van der Waals surface area contributed by atoms with Crippen molar-refractivity contribution in [3.8, 4) is 50.6 Å². The quantitative estimate of drug-likeness (QED) is 0.128. The third-order valence-electron chi connectivity index (χ3n) is 15.8. The van der Waals surface area contributed by atoms with Crippen LogP contribution < -0.4 is 14.3 Å². The Bertz CT molecular complexity index is 3900. The lowest BCUT2D eigenvalue weighted by molar-refractivity contribution is -0.719. The van der Waals surface area contributed by atoms with E-state index < -0.39 is 8.07 Å². The van der Waals surface area contributed by atoms with Crippen LogP contribution in [0.2, 0.25) is 19.6 Å². The molecule has 5 heteroatoms. The summed E-state index contributed by atoms with van der Waals surface area (Å²) < 4.78 is 15.1. The van der Waals surface area contributed by atoms with E-state index in [0.29, 0.717) is 0 Å². The molecule has 13 rings (SSSR count). The molecule has 0 aliphatic carbocycles. The van der Waals surface area contributed by atoms with Gasteiger partial charge in [-0.25, -0.2) is 0 Å². The molecule has 0 saturated carbocycles. The molecule has 2 aliphatic rings. The average molecular weight is 938 g/mol. The number of aromatic nitrogens is 3. The zero-order valence-corrected chi connectivity index (χ0v) is 42.6. The van der Waals surface area contributed by atoms with Gasteiger partial charge in [0.05, 0.1) is 14.5 Å². The molecule has 3 aromatic heterocycles. The summed E-state index contributed by atoms with van der Waals surface area (Å²) in [6.45, 7) is 19.7. The van der Waals surface area contributed by atoms with E-state index in [1.165, 1.54) is 66.2 Å². The topological polar surface area (TPSA) is 25.8 Å². The molecule has 5 heterocycles. The van der Waals surface area contributed by atoms with Crippen LogP contribution in [0.1, 0.15) is 62.3 Å². The molecule has 0 spiro atoms. The number of rotatable bonds is 4. The number of furan rings is 1. The SMILES string of the molecule is C=C1CC2C(CCc3ccc4c(oc5ccccc54)c3-c3n(-c4c(-c5ccccc5)cc(C(C)(C)C)cc4-c4ccccc4)c4ccc5ccccc5c4[n+]31)c1ccccc1-c1ccc([Si](C)(C)C)c[n+]12. The predicted molar refractivity (Wildman–Crippen MR) is 298 cm³/mol. The second kappa shape index (κ2) is 16.2. The highest BCUT2D eigenvalue weighted by molar-refractivity contribution is 6.88. The van der Waals surface area contributed by atoms with E-state index in [4.69, 9.17) is 11.0 Å². The molecule has 0 radical (unpaired) electrons. The number of imidazole rings is 1. The van der Waals surface area contributed by atoms with E-state index in [2.05, 4.69) is 242 Å². The van der Waals surface area contributed by atoms with E-state index >= 15 is 0 Å². The van der Waals surface area contributed by atoms with Crippen LogP contribution in [0, 0.1) is 0 Å². The van der Waals surface area contributed by atoms with Gasteiger partial charge in [0.2, 0.25) is 5.69 Å². The van der Waals surface area contributed by atoms with Crippen molar-refractivity contribution < 1.29 is 13.6 Å². The summed E-state index contributed by atoms with van der Waals surface area (Å²) in [6.07, 6.45) is 5.10. The Labute approximate surface area is 417 Å². The summed E-state index contributed by atoms with van der Waals surface area (Å²) >= 11 is 0. The van der Waals surface area contributed by atoms with Gasteiger partial charge in [0.1, 0.15) is 22.5 Å². The molecular weight excluding hydrogens is 879 g/mol. The molecule has 0 N–H and O–H groups in total. The molecule has 2 unspecified atom stereocenters. The van der Waals surface area contributed by atoms with Gasteiger partial charge in [-0.15, -0.1) is 0 Å². The highest BCUT2D eigenvalue weighted by atomic mass is 28.3. The van der Waals surface area contributed by atoms with E-state index in [1.54, 1.807) is 0 Å². The van der Waals surface area contributed by atoms with E-state index in [0.717, 1.165) is 75.0 Å². The number of benzene rings is 8. The van der Waals surface area contributed by atoms with Gasteiger partial charge in [-0.3, -0.25) is 0 Å². The molecule has 0 saturated heterocycles. The minimum Gasteiger partial charge on any atom is -0.455 e. The van der Waals surface area contributed by atoms with Crippen molar-refractivity contribution in [3.63, 3.8) is 0 Å². The number of nitrogens with zero attached hydrogens (tertiary/aromatic N) is 3. The maximum Gasteiger partial charge on any atom is 0.304 e. The standard InChI is InChI=1S/C66H59N3OSi/c1-42-38-59-52(50-26-16-17-27-51(50)57-37-33-48(41-67(57)59)71(5,6)7)34-30-46-31-35-54-53-28-18-19-29-60(53)70-64(54)61(46)65-68(42)63-49-25-15-14-24-45(49)32-36-58(63)69(65)62-55(43-20-10-8-11-21-43)39-47(66(2,3)4)40-56(62)44-22-12-9-13-23-44/h8-29,31-33,35-37,39-41,52,59H,1,30,34,38H2,2-7H3/q+2. The molecule has 8 aromatic carbocycles. The smallest absolute Gasteiger partial charge is 0.304 e. The third kappa shape index (κ3) is 6.92. The van der Waals surface area contributed by atoms with E-state index in [-0.39, 0.29) is 17.4 Å². The Balaban J connectivity index is 1.23. The minimum atomic E-state index is -1.69. The Kier molecular flexibility index (Phi) is 9.92. The van der Waals surface area contributed by atoms with Crippen LogP contribution in [-0.4, -0.2) is 12.6 Å². The number of aryl methyl sites for hydroxylation is 1. The number of pyridine rings is 1. The van der Waals surface area contributed by atoms with E-state index in [9.17, 15) is 0 Å². The van der Waals surface area contributed by atoms with Gasteiger partial charge in [0, 0.05) is 50.0 Å². The third-order valence-corrected chi connectivity index (χ3v) is 17.8. The lowest BCUT2D eigenvalue weighted by Gasteiger charge is -2.32.